The summed E-state index contributed by atoms with van der Waals surface area (Å²) in [7, 11) is 5.46. The van der Waals surface area contributed by atoms with E-state index in [1.165, 1.54) is 6.33 Å². The summed E-state index contributed by atoms with van der Waals surface area (Å²) in [5.41, 5.74) is 1.55. The fourth-order valence-corrected chi connectivity index (χ4v) is 2.67. The lowest BCUT2D eigenvalue weighted by Crippen LogP contribution is -2.10. The van der Waals surface area contributed by atoms with Gasteiger partial charge in [0.15, 0.2) is 17.3 Å². The molecule has 0 radical (unpaired) electrons. The number of hydrogen-bond acceptors (Lipinski definition) is 9. The lowest BCUT2D eigenvalue weighted by Gasteiger charge is -2.10. The third-order valence-corrected chi connectivity index (χ3v) is 4.17. The SMILES string of the molecule is COc1cccc(-n2ncc3c(N=NCc4ccc(N(C)C)nc4)ncnc32)n1. The van der Waals surface area contributed by atoms with E-state index in [4.69, 9.17) is 4.74 Å². The first kappa shape index (κ1) is 18.4. The maximum atomic E-state index is 5.18. The van der Waals surface area contributed by atoms with Crippen molar-refractivity contribution < 1.29 is 4.74 Å². The van der Waals surface area contributed by atoms with Crippen LogP contribution in [-0.2, 0) is 6.54 Å². The summed E-state index contributed by atoms with van der Waals surface area (Å²) in [6.07, 6.45) is 4.87. The number of azo groups is 1. The Hall–Kier alpha value is -3.95. The van der Waals surface area contributed by atoms with Gasteiger partial charge in [-0.2, -0.15) is 19.9 Å². The first-order valence-corrected chi connectivity index (χ1v) is 8.85. The van der Waals surface area contributed by atoms with Crippen molar-refractivity contribution in [3.8, 4) is 11.7 Å². The van der Waals surface area contributed by atoms with E-state index in [9.17, 15) is 0 Å². The van der Waals surface area contributed by atoms with E-state index in [-0.39, 0.29) is 0 Å². The maximum absolute atomic E-state index is 5.18. The second-order valence-corrected chi connectivity index (χ2v) is 6.35. The van der Waals surface area contributed by atoms with Crippen LogP contribution in [0.25, 0.3) is 16.9 Å². The standard InChI is InChI=1S/C19H19N9O/c1-27(2)15-8-7-13(9-20-15)10-23-26-18-14-11-24-28(19(14)22-12-21-18)16-5-4-6-17(25-16)29-3/h4-9,11-12H,10H2,1-3H3. The van der Waals surface area contributed by atoms with Gasteiger partial charge in [0.2, 0.25) is 5.88 Å². The van der Waals surface area contributed by atoms with Crippen molar-refractivity contribution in [1.29, 1.82) is 0 Å². The monoisotopic (exact) mass is 389 g/mol. The normalized spacial score (nSPS) is 11.3. The second kappa shape index (κ2) is 7.97. The topological polar surface area (TPSA) is 107 Å². The summed E-state index contributed by atoms with van der Waals surface area (Å²) in [4.78, 5) is 19.2. The first-order valence-electron chi connectivity index (χ1n) is 8.85. The molecule has 0 unspecified atom stereocenters. The van der Waals surface area contributed by atoms with Gasteiger partial charge >= 0.3 is 0 Å². The van der Waals surface area contributed by atoms with Crippen LogP contribution < -0.4 is 9.64 Å². The fraction of sp³-hybridized carbons (Fsp3) is 0.211. The Balaban J connectivity index is 1.58. The minimum absolute atomic E-state index is 0.401. The number of methoxy groups -OCH3 is 1. The van der Waals surface area contributed by atoms with Crippen LogP contribution in [0, 0.1) is 0 Å². The van der Waals surface area contributed by atoms with Gasteiger partial charge in [-0.25, -0.2) is 15.0 Å². The Morgan fingerprint density at radius 2 is 1.97 bits per heavy atom. The number of nitrogens with zero attached hydrogens (tertiary/aromatic N) is 9. The zero-order valence-corrected chi connectivity index (χ0v) is 16.3. The molecule has 0 aromatic carbocycles. The molecule has 4 aromatic heterocycles. The molecular formula is C19H19N9O. The minimum atomic E-state index is 0.401. The quantitative estimate of drug-likeness (QED) is 0.467. The number of rotatable bonds is 6. The summed E-state index contributed by atoms with van der Waals surface area (Å²) in [5.74, 6) is 2.42. The Labute approximate surface area is 166 Å². The summed E-state index contributed by atoms with van der Waals surface area (Å²) in [6.45, 7) is 0.401. The van der Waals surface area contributed by atoms with Gasteiger partial charge in [-0.1, -0.05) is 12.1 Å². The van der Waals surface area contributed by atoms with Crippen molar-refractivity contribution in [3.05, 3.63) is 54.6 Å². The molecule has 0 atom stereocenters. The molecule has 146 valence electrons. The van der Waals surface area contributed by atoms with Crippen LogP contribution >= 0.6 is 0 Å². The van der Waals surface area contributed by atoms with Gasteiger partial charge in [-0.15, -0.1) is 5.11 Å². The van der Waals surface area contributed by atoms with Crippen molar-refractivity contribution in [3.63, 3.8) is 0 Å². The molecule has 4 rings (SSSR count). The third kappa shape index (κ3) is 3.86. The smallest absolute Gasteiger partial charge is 0.214 e. The van der Waals surface area contributed by atoms with Gasteiger partial charge in [-0.3, -0.25) is 0 Å². The van der Waals surface area contributed by atoms with Gasteiger partial charge in [-0.05, 0) is 17.7 Å². The zero-order chi connectivity index (χ0) is 20.2. The maximum Gasteiger partial charge on any atom is 0.214 e. The third-order valence-electron chi connectivity index (χ3n) is 4.17. The van der Waals surface area contributed by atoms with Crippen LogP contribution in [0.1, 0.15) is 5.56 Å². The Bertz CT molecular complexity index is 1150. The Kier molecular flexibility index (Phi) is 5.06. The molecule has 0 N–H and O–H groups in total. The Morgan fingerprint density at radius 1 is 1.07 bits per heavy atom. The highest BCUT2D eigenvalue weighted by molar-refractivity contribution is 5.85. The van der Waals surface area contributed by atoms with E-state index in [0.29, 0.717) is 35.1 Å². The van der Waals surface area contributed by atoms with Crippen LogP contribution in [0.5, 0.6) is 5.88 Å². The molecule has 0 aliphatic carbocycles. The number of hydrogen-bond donors (Lipinski definition) is 0. The van der Waals surface area contributed by atoms with Crippen LogP contribution in [0.2, 0.25) is 0 Å². The van der Waals surface area contributed by atoms with Crippen LogP contribution in [0.4, 0.5) is 11.6 Å². The molecule has 10 nitrogen and oxygen atoms in total. The highest BCUT2D eigenvalue weighted by Gasteiger charge is 2.12. The van der Waals surface area contributed by atoms with Gasteiger partial charge in [0.1, 0.15) is 12.1 Å². The molecule has 0 aliphatic rings. The van der Waals surface area contributed by atoms with Crippen molar-refractivity contribution in [2.24, 2.45) is 10.2 Å². The zero-order valence-electron chi connectivity index (χ0n) is 16.3. The minimum Gasteiger partial charge on any atom is -0.481 e. The van der Waals surface area contributed by atoms with E-state index in [1.54, 1.807) is 30.3 Å². The molecule has 0 bridgehead atoms. The molecule has 0 fully saturated rings. The van der Waals surface area contributed by atoms with Crippen molar-refractivity contribution in [2.45, 2.75) is 6.54 Å². The average molecular weight is 389 g/mol. The highest BCUT2D eigenvalue weighted by atomic mass is 16.5. The predicted molar refractivity (Wildman–Crippen MR) is 108 cm³/mol. The lowest BCUT2D eigenvalue weighted by atomic mass is 10.3. The summed E-state index contributed by atoms with van der Waals surface area (Å²) in [6, 6.07) is 9.35. The first-order chi connectivity index (χ1) is 14.2. The molecule has 0 saturated carbocycles. The number of ether oxygens (including phenoxy) is 1. The number of fused-ring (bicyclic) bond motifs is 1. The molecule has 4 aromatic rings. The largest absolute Gasteiger partial charge is 0.481 e. The van der Waals surface area contributed by atoms with Gasteiger partial charge in [0, 0.05) is 26.4 Å². The molecule has 10 heteroatoms. The van der Waals surface area contributed by atoms with Gasteiger partial charge in [0.25, 0.3) is 0 Å². The molecule has 0 amide bonds. The molecule has 0 spiro atoms. The number of anilines is 1. The van der Waals surface area contributed by atoms with Gasteiger partial charge in [0.05, 0.1) is 25.2 Å². The van der Waals surface area contributed by atoms with Crippen LogP contribution in [0.15, 0.2) is 59.3 Å². The fourth-order valence-electron chi connectivity index (χ4n) is 2.67. The van der Waals surface area contributed by atoms with E-state index < -0.39 is 0 Å². The van der Waals surface area contributed by atoms with E-state index in [0.717, 1.165) is 11.4 Å². The van der Waals surface area contributed by atoms with Crippen LogP contribution in [-0.4, -0.2) is 50.9 Å². The number of aromatic nitrogens is 6. The second-order valence-electron chi connectivity index (χ2n) is 6.35. The van der Waals surface area contributed by atoms with Gasteiger partial charge < -0.3 is 9.64 Å². The summed E-state index contributed by atoms with van der Waals surface area (Å²) >= 11 is 0. The summed E-state index contributed by atoms with van der Waals surface area (Å²) in [5, 5.41) is 13.6. The van der Waals surface area contributed by atoms with Crippen molar-refractivity contribution in [2.75, 3.05) is 26.1 Å². The molecule has 29 heavy (non-hydrogen) atoms. The van der Waals surface area contributed by atoms with E-state index in [1.807, 2.05) is 43.3 Å². The molecular weight excluding hydrogens is 370 g/mol. The number of pyridine rings is 2. The molecule has 0 aliphatic heterocycles. The Morgan fingerprint density at radius 3 is 2.72 bits per heavy atom. The van der Waals surface area contributed by atoms with E-state index in [2.05, 4.69) is 35.3 Å². The highest BCUT2D eigenvalue weighted by Crippen LogP contribution is 2.24. The van der Waals surface area contributed by atoms with Crippen molar-refractivity contribution in [1.82, 2.24) is 29.7 Å². The summed E-state index contributed by atoms with van der Waals surface area (Å²) < 4.78 is 6.79. The molecule has 4 heterocycles. The molecule has 0 saturated heterocycles. The van der Waals surface area contributed by atoms with Crippen LogP contribution in [0.3, 0.4) is 0 Å². The predicted octanol–water partition coefficient (Wildman–Crippen LogP) is 2.96. The average Bonchev–Trinajstić information content (AvgIpc) is 3.19. The van der Waals surface area contributed by atoms with Crippen molar-refractivity contribution >= 4 is 22.7 Å². The lowest BCUT2D eigenvalue weighted by molar-refractivity contribution is 0.397. The van der Waals surface area contributed by atoms with E-state index >= 15 is 0 Å².